The Hall–Kier alpha value is -0.720. The van der Waals surface area contributed by atoms with Crippen molar-refractivity contribution in [1.82, 2.24) is 9.80 Å². The van der Waals surface area contributed by atoms with Crippen molar-refractivity contribution in [3.8, 4) is 0 Å². The third kappa shape index (κ3) is 4.71. The van der Waals surface area contributed by atoms with Crippen molar-refractivity contribution < 1.29 is 9.90 Å². The van der Waals surface area contributed by atoms with Crippen LogP contribution in [0.5, 0.6) is 0 Å². The Morgan fingerprint density at radius 2 is 2.00 bits per heavy atom. The van der Waals surface area contributed by atoms with Crippen LogP contribution in [-0.2, 0) is 4.79 Å². The monoisotopic (exact) mass is 287 g/mol. The predicted octanol–water partition coefficient (Wildman–Crippen LogP) is 0.0713. The van der Waals surface area contributed by atoms with Gasteiger partial charge in [0, 0.05) is 26.2 Å². The molecule has 6 heteroatoms. The first kappa shape index (κ1) is 16.3. The van der Waals surface area contributed by atoms with E-state index in [0.717, 1.165) is 26.1 Å². The highest BCUT2D eigenvalue weighted by molar-refractivity contribution is 7.80. The lowest BCUT2D eigenvalue weighted by molar-refractivity contribution is -0.134. The van der Waals surface area contributed by atoms with Gasteiger partial charge in [0.15, 0.2) is 0 Å². The van der Waals surface area contributed by atoms with Crippen LogP contribution in [0.15, 0.2) is 0 Å². The molecule has 1 rings (SSSR count). The van der Waals surface area contributed by atoms with Crippen LogP contribution in [0.2, 0.25) is 0 Å². The van der Waals surface area contributed by atoms with Gasteiger partial charge in [-0.3, -0.25) is 9.69 Å². The molecule has 1 aliphatic rings. The van der Waals surface area contributed by atoms with Gasteiger partial charge in [0.25, 0.3) is 0 Å². The number of amides is 1. The highest BCUT2D eigenvalue weighted by Gasteiger charge is 2.30. The Morgan fingerprint density at radius 3 is 2.53 bits per heavy atom. The lowest BCUT2D eigenvalue weighted by Crippen LogP contribution is -2.45. The van der Waals surface area contributed by atoms with Crippen molar-refractivity contribution in [2.24, 2.45) is 17.6 Å². The van der Waals surface area contributed by atoms with Crippen LogP contribution in [-0.4, -0.2) is 65.1 Å². The van der Waals surface area contributed by atoms with E-state index < -0.39 is 0 Å². The SMILES string of the molecule is CC(C)C(C(=O)N1CCCN(CCO)CC1)C(N)=S. The summed E-state index contributed by atoms with van der Waals surface area (Å²) in [6, 6.07) is 0. The van der Waals surface area contributed by atoms with E-state index in [0.29, 0.717) is 13.1 Å². The normalized spacial score (nSPS) is 19.3. The Balaban J connectivity index is 2.64. The van der Waals surface area contributed by atoms with Gasteiger partial charge >= 0.3 is 0 Å². The van der Waals surface area contributed by atoms with Gasteiger partial charge in [-0.05, 0) is 18.9 Å². The summed E-state index contributed by atoms with van der Waals surface area (Å²) in [6.45, 7) is 7.92. The van der Waals surface area contributed by atoms with E-state index in [4.69, 9.17) is 23.1 Å². The van der Waals surface area contributed by atoms with Gasteiger partial charge in [0.05, 0.1) is 17.5 Å². The van der Waals surface area contributed by atoms with E-state index in [1.807, 2.05) is 18.7 Å². The molecular formula is C13H25N3O2S. The Morgan fingerprint density at radius 1 is 1.32 bits per heavy atom. The first-order chi connectivity index (χ1) is 8.97. The molecule has 110 valence electrons. The Bertz CT molecular complexity index is 323. The quantitative estimate of drug-likeness (QED) is 0.700. The number of nitrogens with two attached hydrogens (primary N) is 1. The molecule has 0 spiro atoms. The number of β-amino-alcohol motifs (C(OH)–C–C–N with tert-alkyl or cyclic N) is 1. The summed E-state index contributed by atoms with van der Waals surface area (Å²) < 4.78 is 0. The van der Waals surface area contributed by atoms with Crippen LogP contribution in [0.4, 0.5) is 0 Å². The van der Waals surface area contributed by atoms with Crippen molar-refractivity contribution in [1.29, 1.82) is 0 Å². The smallest absolute Gasteiger partial charge is 0.232 e. The summed E-state index contributed by atoms with van der Waals surface area (Å²) in [5, 5.41) is 8.96. The Kier molecular flexibility index (Phi) is 6.68. The van der Waals surface area contributed by atoms with Gasteiger partial charge in [-0.15, -0.1) is 0 Å². The number of hydrogen-bond donors (Lipinski definition) is 2. The molecule has 0 aliphatic carbocycles. The van der Waals surface area contributed by atoms with E-state index in [-0.39, 0.29) is 29.3 Å². The van der Waals surface area contributed by atoms with Crippen LogP contribution in [0.25, 0.3) is 0 Å². The maximum atomic E-state index is 12.5. The van der Waals surface area contributed by atoms with Crippen LogP contribution in [0.3, 0.4) is 0 Å². The molecule has 1 aliphatic heterocycles. The van der Waals surface area contributed by atoms with Gasteiger partial charge in [-0.25, -0.2) is 0 Å². The van der Waals surface area contributed by atoms with Crippen LogP contribution < -0.4 is 5.73 Å². The second-order valence-electron chi connectivity index (χ2n) is 5.37. The maximum Gasteiger partial charge on any atom is 0.232 e. The molecule has 0 saturated carbocycles. The number of thiocarbonyl (C=S) groups is 1. The average molecular weight is 287 g/mol. The van der Waals surface area contributed by atoms with Gasteiger partial charge in [0.1, 0.15) is 0 Å². The number of carbonyl (C=O) groups is 1. The average Bonchev–Trinajstić information content (AvgIpc) is 2.54. The summed E-state index contributed by atoms with van der Waals surface area (Å²) in [4.78, 5) is 16.8. The number of hydrogen-bond acceptors (Lipinski definition) is 4. The fourth-order valence-corrected chi connectivity index (χ4v) is 2.86. The van der Waals surface area contributed by atoms with Crippen LogP contribution in [0, 0.1) is 11.8 Å². The summed E-state index contributed by atoms with van der Waals surface area (Å²) in [6.07, 6.45) is 0.924. The van der Waals surface area contributed by atoms with Crippen molar-refractivity contribution >= 4 is 23.1 Å². The van der Waals surface area contributed by atoms with Gasteiger partial charge in [0.2, 0.25) is 5.91 Å². The highest BCUT2D eigenvalue weighted by Crippen LogP contribution is 2.16. The zero-order valence-corrected chi connectivity index (χ0v) is 12.7. The van der Waals surface area contributed by atoms with Crippen molar-refractivity contribution in [2.75, 3.05) is 39.3 Å². The molecule has 1 amide bonds. The predicted molar refractivity (Wildman–Crippen MR) is 79.8 cm³/mol. The molecular weight excluding hydrogens is 262 g/mol. The lowest BCUT2D eigenvalue weighted by Gasteiger charge is -2.27. The molecule has 1 unspecified atom stereocenters. The van der Waals surface area contributed by atoms with Crippen LogP contribution >= 0.6 is 12.2 Å². The van der Waals surface area contributed by atoms with E-state index in [1.165, 1.54) is 0 Å². The first-order valence-electron chi connectivity index (χ1n) is 6.88. The maximum absolute atomic E-state index is 12.5. The molecule has 0 aromatic heterocycles. The minimum Gasteiger partial charge on any atom is -0.395 e. The summed E-state index contributed by atoms with van der Waals surface area (Å²) >= 11 is 5.02. The molecule has 0 aromatic carbocycles. The minimum absolute atomic E-state index is 0.0494. The molecule has 0 aromatic rings. The highest BCUT2D eigenvalue weighted by atomic mass is 32.1. The van der Waals surface area contributed by atoms with E-state index in [9.17, 15) is 4.79 Å². The van der Waals surface area contributed by atoms with E-state index in [2.05, 4.69) is 4.90 Å². The standard InChI is InChI=1S/C13H25N3O2S/c1-10(2)11(12(14)19)13(18)16-5-3-4-15(6-7-16)8-9-17/h10-11,17H,3-9H2,1-2H3,(H2,14,19). The van der Waals surface area contributed by atoms with Crippen molar-refractivity contribution in [3.05, 3.63) is 0 Å². The molecule has 19 heavy (non-hydrogen) atoms. The topological polar surface area (TPSA) is 69.8 Å². The first-order valence-corrected chi connectivity index (χ1v) is 7.29. The fraction of sp³-hybridized carbons (Fsp3) is 0.846. The van der Waals surface area contributed by atoms with Crippen molar-refractivity contribution in [2.45, 2.75) is 20.3 Å². The number of aliphatic hydroxyl groups is 1. The molecule has 0 bridgehead atoms. The van der Waals surface area contributed by atoms with E-state index >= 15 is 0 Å². The van der Waals surface area contributed by atoms with Crippen molar-refractivity contribution in [3.63, 3.8) is 0 Å². The number of rotatable bonds is 5. The third-order valence-electron chi connectivity index (χ3n) is 3.56. The van der Waals surface area contributed by atoms with Crippen LogP contribution in [0.1, 0.15) is 20.3 Å². The summed E-state index contributed by atoms with van der Waals surface area (Å²) in [7, 11) is 0. The largest absolute Gasteiger partial charge is 0.395 e. The third-order valence-corrected chi connectivity index (χ3v) is 3.81. The lowest BCUT2D eigenvalue weighted by atomic mass is 9.94. The zero-order chi connectivity index (χ0) is 14.4. The Labute approximate surface area is 120 Å². The number of nitrogens with zero attached hydrogens (tertiary/aromatic N) is 2. The molecule has 3 N–H and O–H groups in total. The zero-order valence-electron chi connectivity index (χ0n) is 11.8. The van der Waals surface area contributed by atoms with Gasteiger partial charge in [-0.2, -0.15) is 0 Å². The second-order valence-corrected chi connectivity index (χ2v) is 5.84. The van der Waals surface area contributed by atoms with Gasteiger partial charge in [-0.1, -0.05) is 26.1 Å². The number of carbonyl (C=O) groups excluding carboxylic acids is 1. The molecule has 1 atom stereocenters. The fourth-order valence-electron chi connectivity index (χ4n) is 2.49. The van der Waals surface area contributed by atoms with Gasteiger partial charge < -0.3 is 15.7 Å². The molecule has 1 fully saturated rings. The minimum atomic E-state index is -0.362. The molecule has 1 saturated heterocycles. The number of aliphatic hydroxyl groups excluding tert-OH is 1. The molecule has 0 radical (unpaired) electrons. The molecule has 5 nitrogen and oxygen atoms in total. The van der Waals surface area contributed by atoms with E-state index in [1.54, 1.807) is 0 Å². The second kappa shape index (κ2) is 7.77. The molecule has 1 heterocycles. The summed E-state index contributed by atoms with van der Waals surface area (Å²) in [5.41, 5.74) is 5.70. The summed E-state index contributed by atoms with van der Waals surface area (Å²) in [5.74, 6) is -0.186.